The van der Waals surface area contributed by atoms with Gasteiger partial charge in [0.25, 0.3) is 0 Å². The number of rotatable bonds is 4. The lowest BCUT2D eigenvalue weighted by atomic mass is 9.92. The van der Waals surface area contributed by atoms with Crippen molar-refractivity contribution >= 4 is 10.9 Å². The number of fused-ring (bicyclic) bond motifs is 1. The molecule has 2 heteroatoms. The molecule has 0 aliphatic heterocycles. The van der Waals surface area contributed by atoms with Crippen molar-refractivity contribution in [2.45, 2.75) is 40.3 Å². The van der Waals surface area contributed by atoms with Gasteiger partial charge in [-0.25, -0.2) is 0 Å². The predicted molar refractivity (Wildman–Crippen MR) is 78.8 cm³/mol. The van der Waals surface area contributed by atoms with Crippen LogP contribution in [0.15, 0.2) is 30.5 Å². The molecule has 0 aliphatic carbocycles. The van der Waals surface area contributed by atoms with Gasteiger partial charge in [-0.15, -0.1) is 0 Å². The molecule has 0 unspecified atom stereocenters. The van der Waals surface area contributed by atoms with Crippen LogP contribution in [-0.2, 0) is 13.1 Å². The highest BCUT2D eigenvalue weighted by Gasteiger charge is 2.12. The van der Waals surface area contributed by atoms with Gasteiger partial charge in [0, 0.05) is 30.2 Å². The molecule has 0 saturated carbocycles. The van der Waals surface area contributed by atoms with Crippen molar-refractivity contribution in [3.05, 3.63) is 36.0 Å². The lowest BCUT2D eigenvalue weighted by Gasteiger charge is -2.18. The van der Waals surface area contributed by atoms with Crippen molar-refractivity contribution in [2.24, 2.45) is 5.41 Å². The molecule has 1 aromatic heterocycles. The Bertz CT molecular complexity index is 517. The molecule has 2 rings (SSSR count). The van der Waals surface area contributed by atoms with Crippen LogP contribution in [0, 0.1) is 5.41 Å². The van der Waals surface area contributed by atoms with E-state index in [1.54, 1.807) is 0 Å². The lowest BCUT2D eigenvalue weighted by molar-refractivity contribution is 0.353. The maximum atomic E-state index is 3.25. The van der Waals surface area contributed by atoms with Crippen LogP contribution >= 0.6 is 0 Å². The highest BCUT2D eigenvalue weighted by Crippen LogP contribution is 2.25. The number of aromatic nitrogens is 1. The number of aryl methyl sites for hydroxylation is 1. The number of benzene rings is 1. The molecule has 2 nitrogen and oxygen atoms in total. The van der Waals surface area contributed by atoms with E-state index in [4.69, 9.17) is 0 Å². The van der Waals surface area contributed by atoms with Crippen molar-refractivity contribution in [3.63, 3.8) is 0 Å². The smallest absolute Gasteiger partial charge is 0.0483 e. The van der Waals surface area contributed by atoms with Crippen molar-refractivity contribution in [2.75, 3.05) is 7.05 Å². The van der Waals surface area contributed by atoms with Crippen molar-refractivity contribution in [1.29, 1.82) is 0 Å². The molecule has 0 bridgehead atoms. The van der Waals surface area contributed by atoms with Gasteiger partial charge in [-0.1, -0.05) is 39.0 Å². The molecule has 0 amide bonds. The lowest BCUT2D eigenvalue weighted by Crippen LogP contribution is -2.10. The van der Waals surface area contributed by atoms with Gasteiger partial charge in [-0.3, -0.25) is 0 Å². The van der Waals surface area contributed by atoms with E-state index in [0.717, 1.165) is 13.1 Å². The van der Waals surface area contributed by atoms with Crippen LogP contribution < -0.4 is 5.32 Å². The average molecular weight is 244 g/mol. The van der Waals surface area contributed by atoms with E-state index in [1.807, 2.05) is 7.05 Å². The molecule has 18 heavy (non-hydrogen) atoms. The van der Waals surface area contributed by atoms with Crippen LogP contribution in [0.3, 0.4) is 0 Å². The molecular weight excluding hydrogens is 220 g/mol. The third-order valence-electron chi connectivity index (χ3n) is 3.34. The van der Waals surface area contributed by atoms with Gasteiger partial charge in [-0.2, -0.15) is 0 Å². The third-order valence-corrected chi connectivity index (χ3v) is 3.34. The summed E-state index contributed by atoms with van der Waals surface area (Å²) in [7, 11) is 2.00. The summed E-state index contributed by atoms with van der Waals surface area (Å²) in [6, 6.07) is 8.68. The molecule has 98 valence electrons. The fraction of sp³-hybridized carbons (Fsp3) is 0.500. The first-order valence-corrected chi connectivity index (χ1v) is 6.72. The first-order valence-electron chi connectivity index (χ1n) is 6.72. The van der Waals surface area contributed by atoms with Crippen LogP contribution in [0.1, 0.15) is 32.8 Å². The summed E-state index contributed by atoms with van der Waals surface area (Å²) in [5.74, 6) is 0. The topological polar surface area (TPSA) is 17.0 Å². The molecule has 0 saturated heterocycles. The Morgan fingerprint density at radius 2 is 1.89 bits per heavy atom. The van der Waals surface area contributed by atoms with E-state index in [9.17, 15) is 0 Å². The van der Waals surface area contributed by atoms with Crippen LogP contribution in [0.25, 0.3) is 10.9 Å². The number of nitrogens with one attached hydrogen (secondary N) is 1. The highest BCUT2D eigenvalue weighted by atomic mass is 15.0. The Morgan fingerprint density at radius 1 is 1.17 bits per heavy atom. The molecule has 1 N–H and O–H groups in total. The quantitative estimate of drug-likeness (QED) is 0.865. The molecular formula is C16H24N2. The Balaban J connectivity index is 2.32. The van der Waals surface area contributed by atoms with E-state index in [2.05, 4.69) is 61.1 Å². The Morgan fingerprint density at radius 3 is 2.56 bits per heavy atom. The van der Waals surface area contributed by atoms with E-state index < -0.39 is 0 Å². The van der Waals surface area contributed by atoms with Gasteiger partial charge in [0.05, 0.1) is 0 Å². The summed E-state index contributed by atoms with van der Waals surface area (Å²) in [5.41, 5.74) is 3.13. The minimum Gasteiger partial charge on any atom is -0.347 e. The number of nitrogens with zero attached hydrogens (tertiary/aromatic N) is 1. The zero-order valence-electron chi connectivity index (χ0n) is 12.0. The molecule has 1 aromatic carbocycles. The third kappa shape index (κ3) is 2.94. The second-order valence-electron chi connectivity index (χ2n) is 6.21. The molecule has 0 radical (unpaired) electrons. The van der Waals surface area contributed by atoms with Gasteiger partial charge < -0.3 is 9.88 Å². The minimum atomic E-state index is 0.383. The zero-order chi connectivity index (χ0) is 13.2. The fourth-order valence-corrected chi connectivity index (χ4v) is 2.30. The maximum absolute atomic E-state index is 3.25. The summed E-state index contributed by atoms with van der Waals surface area (Å²) in [6.07, 6.45) is 3.50. The molecule has 0 atom stereocenters. The largest absolute Gasteiger partial charge is 0.347 e. The van der Waals surface area contributed by atoms with Gasteiger partial charge >= 0.3 is 0 Å². The van der Waals surface area contributed by atoms with Gasteiger partial charge in [-0.05, 0) is 30.5 Å². The Labute approximate surface area is 110 Å². The molecule has 0 spiro atoms. The number of hydrogen-bond acceptors (Lipinski definition) is 1. The SMILES string of the molecule is CNCc1cn(CCC(C)(C)C)c2ccccc12. The van der Waals surface area contributed by atoms with Crippen LogP contribution in [-0.4, -0.2) is 11.6 Å². The average Bonchev–Trinajstić information content (AvgIpc) is 2.65. The summed E-state index contributed by atoms with van der Waals surface area (Å²) in [4.78, 5) is 0. The van der Waals surface area contributed by atoms with E-state index in [1.165, 1.54) is 22.9 Å². The highest BCUT2D eigenvalue weighted by molar-refractivity contribution is 5.83. The van der Waals surface area contributed by atoms with Crippen LogP contribution in [0.5, 0.6) is 0 Å². The minimum absolute atomic E-state index is 0.383. The van der Waals surface area contributed by atoms with Gasteiger partial charge in [0.1, 0.15) is 0 Å². The zero-order valence-corrected chi connectivity index (χ0v) is 12.0. The normalized spacial score (nSPS) is 12.2. The van der Waals surface area contributed by atoms with E-state index >= 15 is 0 Å². The van der Waals surface area contributed by atoms with Crippen LogP contribution in [0.4, 0.5) is 0 Å². The van der Waals surface area contributed by atoms with Crippen molar-refractivity contribution < 1.29 is 0 Å². The summed E-state index contributed by atoms with van der Waals surface area (Å²) in [5, 5.41) is 4.62. The predicted octanol–water partition coefficient (Wildman–Crippen LogP) is 3.80. The van der Waals surface area contributed by atoms with Gasteiger partial charge in [0.2, 0.25) is 0 Å². The first kappa shape index (κ1) is 13.2. The summed E-state index contributed by atoms with van der Waals surface area (Å²) in [6.45, 7) is 8.92. The number of para-hydroxylation sites is 1. The van der Waals surface area contributed by atoms with E-state index in [0.29, 0.717) is 5.41 Å². The summed E-state index contributed by atoms with van der Waals surface area (Å²) >= 11 is 0. The molecule has 0 fully saturated rings. The van der Waals surface area contributed by atoms with Gasteiger partial charge in [0.15, 0.2) is 0 Å². The monoisotopic (exact) mass is 244 g/mol. The van der Waals surface area contributed by atoms with E-state index in [-0.39, 0.29) is 0 Å². The standard InChI is InChI=1S/C16H24N2/c1-16(2,3)9-10-18-12-13(11-17-4)14-7-5-6-8-15(14)18/h5-8,12,17H,9-11H2,1-4H3. The second-order valence-corrected chi connectivity index (χ2v) is 6.21. The molecule has 1 heterocycles. The molecule has 0 aliphatic rings. The second kappa shape index (κ2) is 5.15. The number of hydrogen-bond donors (Lipinski definition) is 1. The molecule has 2 aromatic rings. The first-order chi connectivity index (χ1) is 8.51. The fourth-order valence-electron chi connectivity index (χ4n) is 2.30. The maximum Gasteiger partial charge on any atom is 0.0483 e. The Kier molecular flexibility index (Phi) is 3.76. The summed E-state index contributed by atoms with van der Waals surface area (Å²) < 4.78 is 2.40. The van der Waals surface area contributed by atoms with Crippen molar-refractivity contribution in [1.82, 2.24) is 9.88 Å². The van der Waals surface area contributed by atoms with Crippen LogP contribution in [0.2, 0.25) is 0 Å². The van der Waals surface area contributed by atoms with Crippen molar-refractivity contribution in [3.8, 4) is 0 Å². The Hall–Kier alpha value is -1.28.